The van der Waals surface area contributed by atoms with Crippen LogP contribution in [0.4, 0.5) is 0 Å². The third kappa shape index (κ3) is 4.87. The highest BCUT2D eigenvalue weighted by Crippen LogP contribution is 2.23. The zero-order valence-electron chi connectivity index (χ0n) is 12.2. The van der Waals surface area contributed by atoms with Gasteiger partial charge in [-0.1, -0.05) is 0 Å². The van der Waals surface area contributed by atoms with E-state index in [1.165, 1.54) is 6.92 Å². The minimum absolute atomic E-state index is 0.0146. The van der Waals surface area contributed by atoms with E-state index in [-0.39, 0.29) is 6.29 Å². The number of ether oxygens (including phenoxy) is 1. The summed E-state index contributed by atoms with van der Waals surface area (Å²) in [6, 6.07) is 0. The lowest BCUT2D eigenvalue weighted by atomic mass is 10.0. The Balaban J connectivity index is 2.72. The number of aliphatic hydroxyl groups excluding tert-OH is 7. The van der Waals surface area contributed by atoms with E-state index in [9.17, 15) is 35.4 Å². The van der Waals surface area contributed by atoms with Crippen molar-refractivity contribution < 1.29 is 55.1 Å². The molecule has 9 atom stereocenters. The molecule has 1 aliphatic heterocycles. The monoisotopic (exact) mass is 342 g/mol. The molecule has 1 aliphatic rings. The van der Waals surface area contributed by atoms with Gasteiger partial charge in [-0.15, -0.1) is 0 Å². The fourth-order valence-corrected chi connectivity index (χ4v) is 1.94. The molecule has 0 aromatic heterocycles. The predicted molar refractivity (Wildman–Crippen MR) is 69.5 cm³/mol. The summed E-state index contributed by atoms with van der Waals surface area (Å²) in [6.07, 6.45) is -14.5. The number of rotatable bonds is 8. The SMILES string of the molecule is C[C@H]1O[C@@H](OO[C@@H]([C@H](O)[C@@H](O)C=O)[C@H](O)CO)[C@H](O)[C@@H](O)[C@@H]1O. The summed E-state index contributed by atoms with van der Waals surface area (Å²) in [5, 5.41) is 66.2. The second-order valence-electron chi connectivity index (χ2n) is 5.21. The minimum atomic E-state index is -1.94. The molecule has 0 bridgehead atoms. The molecular weight excluding hydrogens is 320 g/mol. The Labute approximate surface area is 131 Å². The number of hydrogen-bond donors (Lipinski definition) is 7. The van der Waals surface area contributed by atoms with Crippen LogP contribution in [-0.4, -0.2) is 104 Å². The lowest BCUT2D eigenvalue weighted by Gasteiger charge is -2.39. The van der Waals surface area contributed by atoms with Crippen LogP contribution in [0, 0.1) is 0 Å². The smallest absolute Gasteiger partial charge is 0.220 e. The summed E-state index contributed by atoms with van der Waals surface area (Å²) in [5.74, 6) is 0. The molecule has 1 saturated heterocycles. The van der Waals surface area contributed by atoms with Gasteiger partial charge >= 0.3 is 0 Å². The molecule has 0 radical (unpaired) electrons. The van der Waals surface area contributed by atoms with Gasteiger partial charge in [0.15, 0.2) is 6.29 Å². The molecule has 0 aromatic carbocycles. The fourth-order valence-electron chi connectivity index (χ4n) is 1.94. The van der Waals surface area contributed by atoms with Crippen molar-refractivity contribution in [1.29, 1.82) is 0 Å². The van der Waals surface area contributed by atoms with Crippen LogP contribution in [0.15, 0.2) is 0 Å². The zero-order chi connectivity index (χ0) is 17.7. The maximum atomic E-state index is 10.5. The van der Waals surface area contributed by atoms with Crippen LogP contribution in [0.25, 0.3) is 0 Å². The number of carbonyl (C=O) groups is 1. The van der Waals surface area contributed by atoms with Crippen LogP contribution < -0.4 is 0 Å². The van der Waals surface area contributed by atoms with Crippen molar-refractivity contribution in [3.8, 4) is 0 Å². The van der Waals surface area contributed by atoms with Crippen molar-refractivity contribution in [2.75, 3.05) is 6.61 Å². The summed E-state index contributed by atoms with van der Waals surface area (Å²) in [5.41, 5.74) is 0. The first-order chi connectivity index (χ1) is 10.7. The Kier molecular flexibility index (Phi) is 7.89. The largest absolute Gasteiger partial charge is 0.394 e. The number of hydrogen-bond acceptors (Lipinski definition) is 11. The Morgan fingerprint density at radius 2 is 1.74 bits per heavy atom. The van der Waals surface area contributed by atoms with E-state index in [1.807, 2.05) is 0 Å². The van der Waals surface area contributed by atoms with Crippen molar-refractivity contribution in [2.45, 2.75) is 62.0 Å². The molecule has 136 valence electrons. The van der Waals surface area contributed by atoms with E-state index >= 15 is 0 Å². The van der Waals surface area contributed by atoms with Crippen LogP contribution >= 0.6 is 0 Å². The molecule has 7 N–H and O–H groups in total. The molecule has 0 unspecified atom stereocenters. The third-order valence-electron chi connectivity index (χ3n) is 3.46. The normalized spacial score (nSPS) is 37.0. The van der Waals surface area contributed by atoms with E-state index in [4.69, 9.17) is 9.84 Å². The van der Waals surface area contributed by atoms with Gasteiger partial charge in [0.1, 0.15) is 42.7 Å². The predicted octanol–water partition coefficient (Wildman–Crippen LogP) is -4.60. The topological polar surface area (TPSA) is 186 Å². The molecule has 0 spiro atoms. The zero-order valence-corrected chi connectivity index (χ0v) is 12.2. The second-order valence-corrected chi connectivity index (χ2v) is 5.21. The van der Waals surface area contributed by atoms with Crippen molar-refractivity contribution >= 4 is 6.29 Å². The Bertz CT molecular complexity index is 367. The van der Waals surface area contributed by atoms with E-state index in [2.05, 4.69) is 9.78 Å². The first-order valence-electron chi connectivity index (χ1n) is 6.86. The van der Waals surface area contributed by atoms with Crippen LogP contribution in [-0.2, 0) is 19.3 Å². The first kappa shape index (κ1) is 20.3. The molecule has 23 heavy (non-hydrogen) atoms. The maximum Gasteiger partial charge on any atom is 0.220 e. The van der Waals surface area contributed by atoms with Crippen molar-refractivity contribution in [2.24, 2.45) is 0 Å². The van der Waals surface area contributed by atoms with E-state index in [0.29, 0.717) is 0 Å². The number of carbonyl (C=O) groups excluding carboxylic acids is 1. The van der Waals surface area contributed by atoms with Crippen molar-refractivity contribution in [3.63, 3.8) is 0 Å². The van der Waals surface area contributed by atoms with Crippen LogP contribution in [0.1, 0.15) is 6.92 Å². The average Bonchev–Trinajstić information content (AvgIpc) is 2.55. The highest BCUT2D eigenvalue weighted by Gasteiger charge is 2.44. The summed E-state index contributed by atoms with van der Waals surface area (Å²) < 4.78 is 5.05. The third-order valence-corrected chi connectivity index (χ3v) is 3.46. The van der Waals surface area contributed by atoms with E-state index in [0.717, 1.165) is 0 Å². The molecule has 11 heteroatoms. The summed E-state index contributed by atoms with van der Waals surface area (Å²) in [6.45, 7) is 0.504. The molecule has 0 aromatic rings. The van der Waals surface area contributed by atoms with Gasteiger partial charge in [0.2, 0.25) is 6.29 Å². The molecule has 0 aliphatic carbocycles. The van der Waals surface area contributed by atoms with Crippen LogP contribution in [0.3, 0.4) is 0 Å². The number of aldehydes is 1. The molecule has 1 heterocycles. The molecule has 11 nitrogen and oxygen atoms in total. The van der Waals surface area contributed by atoms with Crippen molar-refractivity contribution in [1.82, 2.24) is 0 Å². The van der Waals surface area contributed by atoms with Crippen LogP contribution in [0.5, 0.6) is 0 Å². The quantitative estimate of drug-likeness (QED) is 0.128. The van der Waals surface area contributed by atoms with Gasteiger partial charge in [-0.3, -0.25) is 0 Å². The Hall–Kier alpha value is -0.730. The average molecular weight is 342 g/mol. The molecule has 1 rings (SSSR count). The highest BCUT2D eigenvalue weighted by atomic mass is 17.2. The van der Waals surface area contributed by atoms with Gasteiger partial charge in [0.05, 0.1) is 12.7 Å². The number of aliphatic hydroxyl groups is 7. The van der Waals surface area contributed by atoms with E-state index < -0.39 is 61.7 Å². The van der Waals surface area contributed by atoms with Gasteiger partial charge in [-0.2, -0.15) is 0 Å². The summed E-state index contributed by atoms with van der Waals surface area (Å²) in [7, 11) is 0. The van der Waals surface area contributed by atoms with Gasteiger partial charge in [-0.25, -0.2) is 9.78 Å². The molecular formula is C12H22O11. The minimum Gasteiger partial charge on any atom is -0.394 e. The van der Waals surface area contributed by atoms with Gasteiger partial charge in [0.25, 0.3) is 0 Å². The van der Waals surface area contributed by atoms with Crippen LogP contribution in [0.2, 0.25) is 0 Å². The van der Waals surface area contributed by atoms with Gasteiger partial charge in [0, 0.05) is 0 Å². The molecule has 0 amide bonds. The Morgan fingerprint density at radius 3 is 2.26 bits per heavy atom. The summed E-state index contributed by atoms with van der Waals surface area (Å²) in [4.78, 5) is 19.8. The second kappa shape index (κ2) is 8.94. The molecule has 0 saturated carbocycles. The van der Waals surface area contributed by atoms with Gasteiger partial charge < -0.3 is 45.3 Å². The standard InChI is InChI=1S/C12H22O11/c1-4-7(17)9(19)10(20)12(21-4)23-22-11(6(16)3-14)8(18)5(15)2-13/h2,4-12,14-20H,3H2,1H3/t4-,5+,6-,7-,8-,9+,10-,11-,12+/m1/s1. The van der Waals surface area contributed by atoms with Crippen molar-refractivity contribution in [3.05, 3.63) is 0 Å². The lowest BCUT2D eigenvalue weighted by Crippen LogP contribution is -2.58. The summed E-state index contributed by atoms with van der Waals surface area (Å²) >= 11 is 0. The van der Waals surface area contributed by atoms with Gasteiger partial charge in [-0.05, 0) is 6.92 Å². The fraction of sp³-hybridized carbons (Fsp3) is 0.917. The lowest BCUT2D eigenvalue weighted by molar-refractivity contribution is -0.450. The maximum absolute atomic E-state index is 10.5. The van der Waals surface area contributed by atoms with E-state index in [1.54, 1.807) is 0 Å². The first-order valence-corrected chi connectivity index (χ1v) is 6.86. The highest BCUT2D eigenvalue weighted by molar-refractivity contribution is 5.56. The Morgan fingerprint density at radius 1 is 1.13 bits per heavy atom. The molecule has 1 fully saturated rings.